The average molecular weight is 274 g/mol. The van der Waals surface area contributed by atoms with E-state index >= 15 is 0 Å². The van der Waals surface area contributed by atoms with E-state index < -0.39 is 6.10 Å². The molecule has 0 bridgehead atoms. The van der Waals surface area contributed by atoms with Gasteiger partial charge in [0, 0.05) is 11.7 Å². The molecule has 1 aromatic carbocycles. The first-order valence-corrected chi connectivity index (χ1v) is 7.60. The van der Waals surface area contributed by atoms with E-state index in [4.69, 9.17) is 4.74 Å². The quantitative estimate of drug-likeness (QED) is 0.811. The molecule has 0 spiro atoms. The number of hydrogen-bond acceptors (Lipinski definition) is 3. The Morgan fingerprint density at radius 1 is 1.20 bits per heavy atom. The molecule has 1 heterocycles. The van der Waals surface area contributed by atoms with Crippen LogP contribution in [0.4, 0.5) is 11.4 Å². The SMILES string of the molecule is CC1Oc2ccc(NC3CCCCCC3)cc2NC1=O. The maximum atomic E-state index is 11.6. The predicted molar refractivity (Wildman–Crippen MR) is 80.3 cm³/mol. The largest absolute Gasteiger partial charge is 0.479 e. The molecule has 20 heavy (non-hydrogen) atoms. The molecule has 3 rings (SSSR count). The fourth-order valence-electron chi connectivity index (χ4n) is 2.96. The highest BCUT2D eigenvalue weighted by Crippen LogP contribution is 2.33. The monoisotopic (exact) mass is 274 g/mol. The van der Waals surface area contributed by atoms with Gasteiger partial charge in [-0.25, -0.2) is 0 Å². The van der Waals surface area contributed by atoms with Gasteiger partial charge in [-0.2, -0.15) is 0 Å². The van der Waals surface area contributed by atoms with Crippen molar-refractivity contribution >= 4 is 17.3 Å². The summed E-state index contributed by atoms with van der Waals surface area (Å²) in [5.41, 5.74) is 1.83. The number of benzene rings is 1. The molecule has 1 atom stereocenters. The van der Waals surface area contributed by atoms with Crippen molar-refractivity contribution < 1.29 is 9.53 Å². The second kappa shape index (κ2) is 5.73. The van der Waals surface area contributed by atoms with Crippen LogP contribution in [0.2, 0.25) is 0 Å². The summed E-state index contributed by atoms with van der Waals surface area (Å²) in [7, 11) is 0. The van der Waals surface area contributed by atoms with E-state index in [1.807, 2.05) is 18.2 Å². The first kappa shape index (κ1) is 13.3. The van der Waals surface area contributed by atoms with Gasteiger partial charge in [-0.3, -0.25) is 4.79 Å². The minimum absolute atomic E-state index is 0.0795. The normalized spacial score (nSPS) is 23.2. The third kappa shape index (κ3) is 2.89. The lowest BCUT2D eigenvalue weighted by atomic mass is 10.1. The fraction of sp³-hybridized carbons (Fsp3) is 0.562. The van der Waals surface area contributed by atoms with Crippen molar-refractivity contribution in [3.8, 4) is 5.75 Å². The van der Waals surface area contributed by atoms with E-state index in [0.29, 0.717) is 6.04 Å². The van der Waals surface area contributed by atoms with E-state index in [1.54, 1.807) is 6.92 Å². The molecule has 1 amide bonds. The van der Waals surface area contributed by atoms with Crippen LogP contribution >= 0.6 is 0 Å². The highest BCUT2D eigenvalue weighted by molar-refractivity contribution is 5.98. The van der Waals surface area contributed by atoms with Crippen LogP contribution in [-0.2, 0) is 4.79 Å². The third-order valence-corrected chi connectivity index (χ3v) is 4.14. The number of amides is 1. The summed E-state index contributed by atoms with van der Waals surface area (Å²) in [5.74, 6) is 0.674. The molecule has 4 nitrogen and oxygen atoms in total. The maximum absolute atomic E-state index is 11.6. The van der Waals surface area contributed by atoms with Crippen LogP contribution in [0.3, 0.4) is 0 Å². The fourth-order valence-corrected chi connectivity index (χ4v) is 2.96. The van der Waals surface area contributed by atoms with Gasteiger partial charge >= 0.3 is 0 Å². The molecule has 108 valence electrons. The molecule has 0 saturated heterocycles. The predicted octanol–water partition coefficient (Wildman–Crippen LogP) is 3.54. The minimum Gasteiger partial charge on any atom is -0.479 e. The molecule has 0 radical (unpaired) electrons. The van der Waals surface area contributed by atoms with E-state index in [1.165, 1.54) is 38.5 Å². The van der Waals surface area contributed by atoms with Crippen molar-refractivity contribution in [3.63, 3.8) is 0 Å². The minimum atomic E-state index is -0.414. The summed E-state index contributed by atoms with van der Waals surface area (Å²) in [6, 6.07) is 6.50. The lowest BCUT2D eigenvalue weighted by Crippen LogP contribution is -2.34. The number of carbonyl (C=O) groups excluding carboxylic acids is 1. The Balaban J connectivity index is 1.72. The van der Waals surface area contributed by atoms with Crippen LogP contribution in [-0.4, -0.2) is 18.1 Å². The van der Waals surface area contributed by atoms with Crippen molar-refractivity contribution in [3.05, 3.63) is 18.2 Å². The van der Waals surface area contributed by atoms with Crippen LogP contribution in [0.15, 0.2) is 18.2 Å². The van der Waals surface area contributed by atoms with Gasteiger partial charge in [-0.05, 0) is 38.0 Å². The number of carbonyl (C=O) groups is 1. The zero-order valence-electron chi connectivity index (χ0n) is 11.9. The second-order valence-electron chi connectivity index (χ2n) is 5.79. The smallest absolute Gasteiger partial charge is 0.265 e. The Labute approximate surface area is 119 Å². The summed E-state index contributed by atoms with van der Waals surface area (Å²) >= 11 is 0. The van der Waals surface area contributed by atoms with E-state index in [2.05, 4.69) is 10.6 Å². The van der Waals surface area contributed by atoms with Gasteiger partial charge in [0.15, 0.2) is 6.10 Å². The number of fused-ring (bicyclic) bond motifs is 1. The Morgan fingerprint density at radius 2 is 1.95 bits per heavy atom. The highest BCUT2D eigenvalue weighted by Gasteiger charge is 2.23. The average Bonchev–Trinajstić information content (AvgIpc) is 2.69. The number of nitrogens with one attached hydrogen (secondary N) is 2. The van der Waals surface area contributed by atoms with Gasteiger partial charge in [-0.15, -0.1) is 0 Å². The number of rotatable bonds is 2. The Kier molecular flexibility index (Phi) is 3.81. The van der Waals surface area contributed by atoms with Crippen LogP contribution in [0.5, 0.6) is 5.75 Å². The van der Waals surface area contributed by atoms with Crippen LogP contribution in [0.1, 0.15) is 45.4 Å². The molecule has 1 aliphatic heterocycles. The first-order chi connectivity index (χ1) is 9.72. The van der Waals surface area contributed by atoms with Crippen LogP contribution in [0.25, 0.3) is 0 Å². The zero-order chi connectivity index (χ0) is 13.9. The molecule has 2 N–H and O–H groups in total. The molecule has 0 aromatic heterocycles. The molecule has 1 aliphatic carbocycles. The molecule has 1 aromatic rings. The lowest BCUT2D eigenvalue weighted by molar-refractivity contribution is -0.122. The Morgan fingerprint density at radius 3 is 2.70 bits per heavy atom. The van der Waals surface area contributed by atoms with Crippen molar-refractivity contribution in [2.75, 3.05) is 10.6 Å². The van der Waals surface area contributed by atoms with Gasteiger partial charge < -0.3 is 15.4 Å². The topological polar surface area (TPSA) is 50.4 Å². The summed E-state index contributed by atoms with van der Waals surface area (Å²) in [5, 5.41) is 6.49. The van der Waals surface area contributed by atoms with Gasteiger partial charge in [-0.1, -0.05) is 25.7 Å². The van der Waals surface area contributed by atoms with E-state index in [0.717, 1.165) is 17.1 Å². The molecule has 2 aliphatic rings. The van der Waals surface area contributed by atoms with Crippen molar-refractivity contribution in [1.29, 1.82) is 0 Å². The van der Waals surface area contributed by atoms with Crippen molar-refractivity contribution in [2.45, 2.75) is 57.6 Å². The van der Waals surface area contributed by atoms with Crippen molar-refractivity contribution in [2.24, 2.45) is 0 Å². The van der Waals surface area contributed by atoms with Crippen molar-refractivity contribution in [1.82, 2.24) is 0 Å². The number of hydrogen-bond donors (Lipinski definition) is 2. The first-order valence-electron chi connectivity index (χ1n) is 7.60. The van der Waals surface area contributed by atoms with Crippen LogP contribution < -0.4 is 15.4 Å². The van der Waals surface area contributed by atoms with Crippen LogP contribution in [0, 0.1) is 0 Å². The van der Waals surface area contributed by atoms with Gasteiger partial charge in [0.25, 0.3) is 5.91 Å². The lowest BCUT2D eigenvalue weighted by Gasteiger charge is -2.25. The van der Waals surface area contributed by atoms with Gasteiger partial charge in [0.2, 0.25) is 0 Å². The second-order valence-corrected chi connectivity index (χ2v) is 5.79. The molecule has 1 unspecified atom stereocenters. The third-order valence-electron chi connectivity index (χ3n) is 4.14. The molecular formula is C16H22N2O2. The standard InChI is InChI=1S/C16H22N2O2/c1-11-16(19)18-14-10-13(8-9-15(14)20-11)17-12-6-4-2-3-5-7-12/h8-12,17H,2-7H2,1H3,(H,18,19). The maximum Gasteiger partial charge on any atom is 0.265 e. The molecule has 1 saturated carbocycles. The number of ether oxygens (including phenoxy) is 1. The summed E-state index contributed by atoms with van der Waals surface area (Å²) in [6.07, 6.45) is 7.37. The van der Waals surface area contributed by atoms with E-state index in [9.17, 15) is 4.79 Å². The van der Waals surface area contributed by atoms with Gasteiger partial charge in [0.1, 0.15) is 5.75 Å². The van der Waals surface area contributed by atoms with E-state index in [-0.39, 0.29) is 5.91 Å². The zero-order valence-corrected chi connectivity index (χ0v) is 11.9. The highest BCUT2D eigenvalue weighted by atomic mass is 16.5. The Bertz CT molecular complexity index is 493. The Hall–Kier alpha value is -1.71. The summed E-state index contributed by atoms with van der Waals surface area (Å²) in [4.78, 5) is 11.6. The molecular weight excluding hydrogens is 252 g/mol. The van der Waals surface area contributed by atoms with Gasteiger partial charge in [0.05, 0.1) is 5.69 Å². The number of anilines is 2. The molecule has 4 heteroatoms. The molecule has 1 fully saturated rings. The summed E-state index contributed by atoms with van der Waals surface area (Å²) < 4.78 is 5.57. The summed E-state index contributed by atoms with van der Waals surface area (Å²) in [6.45, 7) is 1.76.